The highest BCUT2D eigenvalue weighted by atomic mass is 127. The second-order valence-electron chi connectivity index (χ2n) is 5.49. The van der Waals surface area contributed by atoms with Crippen LogP contribution in [-0.4, -0.2) is 48.3 Å². The van der Waals surface area contributed by atoms with E-state index < -0.39 is 0 Å². The lowest BCUT2D eigenvalue weighted by Crippen LogP contribution is -2.29. The average molecular weight is 398 g/mol. The van der Waals surface area contributed by atoms with Gasteiger partial charge in [0.1, 0.15) is 5.84 Å². The number of likely N-dealkylation sites (tertiary alicyclic amines) is 2. The predicted molar refractivity (Wildman–Crippen MR) is 99.1 cm³/mol. The molecular weight excluding hydrogens is 375 g/mol. The van der Waals surface area contributed by atoms with Crippen molar-refractivity contribution in [1.29, 1.82) is 0 Å². The van der Waals surface area contributed by atoms with Crippen molar-refractivity contribution < 1.29 is 0 Å². The first-order valence-electron chi connectivity index (χ1n) is 7.50. The van der Waals surface area contributed by atoms with Crippen molar-refractivity contribution in [1.82, 2.24) is 9.80 Å². The van der Waals surface area contributed by atoms with E-state index >= 15 is 0 Å². The van der Waals surface area contributed by atoms with E-state index in [4.69, 9.17) is 9.98 Å². The topological polar surface area (TPSA) is 31.2 Å². The third-order valence-corrected chi connectivity index (χ3v) is 3.94. The highest BCUT2D eigenvalue weighted by Crippen LogP contribution is 2.17. The van der Waals surface area contributed by atoms with Gasteiger partial charge in [-0.05, 0) is 31.4 Å². The molecule has 0 aliphatic carbocycles. The van der Waals surface area contributed by atoms with Crippen LogP contribution in [0.2, 0.25) is 0 Å². The Balaban J connectivity index is 0.00000161. The van der Waals surface area contributed by atoms with Gasteiger partial charge in [0, 0.05) is 33.1 Å². The van der Waals surface area contributed by atoms with Crippen molar-refractivity contribution in [3.05, 3.63) is 30.3 Å². The minimum atomic E-state index is 0. The van der Waals surface area contributed by atoms with Crippen LogP contribution in [0.5, 0.6) is 0 Å². The molecular formula is C16H23IN4. The molecule has 2 saturated heterocycles. The molecule has 0 aromatic heterocycles. The summed E-state index contributed by atoms with van der Waals surface area (Å²) in [5.74, 6) is 2.06. The normalized spacial score (nSPS) is 21.0. The molecule has 2 fully saturated rings. The molecule has 0 radical (unpaired) electrons. The average Bonchev–Trinajstić information content (AvgIpc) is 3.12. The Morgan fingerprint density at radius 3 is 2.33 bits per heavy atom. The lowest BCUT2D eigenvalue weighted by molar-refractivity contribution is 0.510. The second-order valence-corrected chi connectivity index (χ2v) is 5.49. The molecule has 21 heavy (non-hydrogen) atoms. The Morgan fingerprint density at radius 2 is 1.71 bits per heavy atom. The number of guanidine groups is 1. The Morgan fingerprint density at radius 1 is 1.00 bits per heavy atom. The second kappa shape index (κ2) is 7.77. The van der Waals surface area contributed by atoms with Gasteiger partial charge in [0.2, 0.25) is 5.96 Å². The molecule has 0 atom stereocenters. The van der Waals surface area contributed by atoms with Crippen LogP contribution >= 0.6 is 24.0 Å². The van der Waals surface area contributed by atoms with Crippen molar-refractivity contribution in [3.63, 3.8) is 0 Å². The smallest absolute Gasteiger partial charge is 0.227 e. The molecule has 0 N–H and O–H groups in total. The zero-order valence-electron chi connectivity index (χ0n) is 12.5. The van der Waals surface area contributed by atoms with E-state index in [1.165, 1.54) is 25.1 Å². The van der Waals surface area contributed by atoms with Crippen LogP contribution in [0.3, 0.4) is 0 Å². The van der Waals surface area contributed by atoms with Crippen molar-refractivity contribution in [2.24, 2.45) is 9.98 Å². The molecule has 5 heteroatoms. The molecule has 1 aromatic carbocycles. The maximum atomic E-state index is 4.85. The largest absolute Gasteiger partial charge is 0.363 e. The van der Waals surface area contributed by atoms with E-state index in [2.05, 4.69) is 16.8 Å². The lowest BCUT2D eigenvalue weighted by Gasteiger charge is -2.19. The first-order chi connectivity index (χ1) is 9.83. The number of rotatable bonds is 1. The van der Waals surface area contributed by atoms with E-state index in [1.54, 1.807) is 0 Å². The van der Waals surface area contributed by atoms with Crippen molar-refractivity contribution in [2.75, 3.05) is 26.7 Å². The van der Waals surface area contributed by atoms with Crippen molar-refractivity contribution >= 4 is 41.5 Å². The fraction of sp³-hybridized carbons (Fsp3) is 0.500. The van der Waals surface area contributed by atoms with Crippen LogP contribution in [0.25, 0.3) is 0 Å². The number of benzene rings is 1. The predicted octanol–water partition coefficient (Wildman–Crippen LogP) is 3.51. The fourth-order valence-corrected chi connectivity index (χ4v) is 2.75. The van der Waals surface area contributed by atoms with Crippen molar-refractivity contribution in [2.45, 2.75) is 25.7 Å². The van der Waals surface area contributed by atoms with Gasteiger partial charge in [-0.25, -0.2) is 4.99 Å². The highest BCUT2D eigenvalue weighted by Gasteiger charge is 2.20. The molecule has 0 saturated carbocycles. The summed E-state index contributed by atoms with van der Waals surface area (Å²) in [6, 6.07) is 10.1. The maximum Gasteiger partial charge on any atom is 0.227 e. The molecule has 2 aliphatic rings. The van der Waals surface area contributed by atoms with Crippen LogP contribution in [0.1, 0.15) is 25.7 Å². The van der Waals surface area contributed by atoms with E-state index in [9.17, 15) is 0 Å². The van der Waals surface area contributed by atoms with E-state index in [0.717, 1.165) is 37.7 Å². The molecule has 0 bridgehead atoms. The summed E-state index contributed by atoms with van der Waals surface area (Å²) in [6.45, 7) is 3.26. The summed E-state index contributed by atoms with van der Waals surface area (Å²) in [5.41, 5.74) is 0.986. The standard InChI is InChI=1S/C16H22N4.HI/c1-19-11-7-10-15(19)18-16(20-12-5-6-13-20)17-14-8-3-2-4-9-14;/h2-4,8-9H,5-7,10-13H2,1H3;1H/b17-16?,18-15+;. The van der Waals surface area contributed by atoms with Gasteiger partial charge in [0.25, 0.3) is 0 Å². The van der Waals surface area contributed by atoms with Gasteiger partial charge in [-0.3, -0.25) is 0 Å². The minimum absolute atomic E-state index is 0. The van der Waals surface area contributed by atoms with Gasteiger partial charge in [0.05, 0.1) is 5.69 Å². The summed E-state index contributed by atoms with van der Waals surface area (Å²) in [6.07, 6.45) is 4.76. The zero-order valence-corrected chi connectivity index (χ0v) is 14.9. The molecule has 3 rings (SSSR count). The summed E-state index contributed by atoms with van der Waals surface area (Å²) in [7, 11) is 2.12. The van der Waals surface area contributed by atoms with E-state index in [1.807, 2.05) is 30.3 Å². The Hall–Kier alpha value is -1.11. The molecule has 4 nitrogen and oxygen atoms in total. The number of hydrogen-bond acceptors (Lipinski definition) is 1. The number of nitrogens with zero attached hydrogens (tertiary/aromatic N) is 4. The third kappa shape index (κ3) is 4.18. The number of amidine groups is 1. The van der Waals surface area contributed by atoms with Crippen LogP contribution in [-0.2, 0) is 0 Å². The molecule has 2 heterocycles. The van der Waals surface area contributed by atoms with Crippen LogP contribution in [0.15, 0.2) is 40.3 Å². The number of para-hydroxylation sites is 1. The fourth-order valence-electron chi connectivity index (χ4n) is 2.75. The lowest BCUT2D eigenvalue weighted by atomic mass is 10.3. The van der Waals surface area contributed by atoms with Gasteiger partial charge in [-0.2, -0.15) is 4.99 Å². The summed E-state index contributed by atoms with van der Waals surface area (Å²) in [5, 5.41) is 0. The number of aliphatic imine (C=N–C) groups is 2. The minimum Gasteiger partial charge on any atom is -0.363 e. The summed E-state index contributed by atoms with van der Waals surface area (Å²) in [4.78, 5) is 14.2. The molecule has 0 unspecified atom stereocenters. The van der Waals surface area contributed by atoms with E-state index in [-0.39, 0.29) is 24.0 Å². The van der Waals surface area contributed by atoms with Gasteiger partial charge >= 0.3 is 0 Å². The first-order valence-corrected chi connectivity index (χ1v) is 7.50. The van der Waals surface area contributed by atoms with Gasteiger partial charge < -0.3 is 9.80 Å². The van der Waals surface area contributed by atoms with Gasteiger partial charge in [-0.1, -0.05) is 18.2 Å². The van der Waals surface area contributed by atoms with Crippen LogP contribution in [0.4, 0.5) is 5.69 Å². The van der Waals surface area contributed by atoms with Crippen molar-refractivity contribution in [3.8, 4) is 0 Å². The Kier molecular flexibility index (Phi) is 6.02. The number of hydrogen-bond donors (Lipinski definition) is 0. The summed E-state index contributed by atoms with van der Waals surface area (Å²) < 4.78 is 0. The number of halogens is 1. The Labute approximate surface area is 144 Å². The van der Waals surface area contributed by atoms with Gasteiger partial charge in [-0.15, -0.1) is 24.0 Å². The van der Waals surface area contributed by atoms with Crippen LogP contribution in [0, 0.1) is 0 Å². The Bertz CT molecular complexity index is 506. The molecule has 114 valence electrons. The van der Waals surface area contributed by atoms with Gasteiger partial charge in [0.15, 0.2) is 0 Å². The summed E-state index contributed by atoms with van der Waals surface area (Å²) >= 11 is 0. The molecule has 2 aliphatic heterocycles. The zero-order chi connectivity index (χ0) is 13.8. The van der Waals surface area contributed by atoms with E-state index in [0.29, 0.717) is 0 Å². The molecule has 0 amide bonds. The highest BCUT2D eigenvalue weighted by molar-refractivity contribution is 14.0. The van der Waals surface area contributed by atoms with Crippen LogP contribution < -0.4 is 0 Å². The quantitative estimate of drug-likeness (QED) is 0.412. The first kappa shape index (κ1) is 16.3. The monoisotopic (exact) mass is 398 g/mol. The SMILES string of the molecule is CN1CCC/C1=N\C(=Nc1ccccc1)N1CCCC1.I. The third-order valence-electron chi connectivity index (χ3n) is 3.94. The maximum absolute atomic E-state index is 4.85. The molecule has 1 aromatic rings. The molecule has 0 spiro atoms.